The Morgan fingerprint density at radius 1 is 1.20 bits per heavy atom. The smallest absolute Gasteiger partial charge is 0.262 e. The highest BCUT2D eigenvalue weighted by Gasteiger charge is 2.27. The van der Waals surface area contributed by atoms with Crippen LogP contribution < -0.4 is 15.4 Å². The van der Waals surface area contributed by atoms with E-state index in [9.17, 15) is 9.59 Å². The molecule has 2 heterocycles. The molecular weight excluding hydrogens is 424 g/mol. The molecule has 1 fully saturated rings. The number of fused-ring (bicyclic) bond motifs is 1. The molecule has 2 aromatic rings. The molecule has 4 rings (SSSR count). The molecule has 8 heteroatoms. The van der Waals surface area contributed by atoms with Crippen LogP contribution in [-0.2, 0) is 22.4 Å². The molecule has 0 unspecified atom stereocenters. The quantitative estimate of drug-likeness (QED) is 0.665. The Morgan fingerprint density at radius 3 is 2.83 bits per heavy atom. The molecule has 0 saturated carbocycles. The van der Waals surface area contributed by atoms with E-state index in [1.54, 1.807) is 24.3 Å². The number of thiophene rings is 1. The number of rotatable bonds is 7. The molecule has 2 N–H and O–H groups in total. The van der Waals surface area contributed by atoms with Crippen LogP contribution >= 0.6 is 22.9 Å². The first kappa shape index (κ1) is 21.2. The lowest BCUT2D eigenvalue weighted by Gasteiger charge is -2.15. The van der Waals surface area contributed by atoms with Crippen LogP contribution in [0.4, 0.5) is 5.00 Å². The minimum Gasteiger partial charge on any atom is -0.482 e. The molecule has 160 valence electrons. The average molecular weight is 449 g/mol. The summed E-state index contributed by atoms with van der Waals surface area (Å²) in [5.41, 5.74) is 1.66. The molecule has 2 aliphatic rings. The standard InChI is InChI=1S/C22H25ClN2O4S/c23-16-8-2-3-9-17(16)29-13-19(26)25-22-20(15-7-1-4-10-18(15)30-22)21(27)24-12-14-6-5-11-28-14/h2-3,8-9,14H,1,4-7,10-13H2,(H,24,27)(H,25,26)/t14-/m1/s1. The molecule has 30 heavy (non-hydrogen) atoms. The van der Waals surface area contributed by atoms with Gasteiger partial charge >= 0.3 is 0 Å². The maximum atomic E-state index is 13.0. The SMILES string of the molecule is O=C(COc1ccccc1Cl)Nc1sc2c(c1C(=O)NC[C@H]1CCCO1)CCCC2. The van der Waals surface area contributed by atoms with E-state index in [0.717, 1.165) is 50.7 Å². The first-order valence-corrected chi connectivity index (χ1v) is 11.5. The molecule has 1 aliphatic carbocycles. The topological polar surface area (TPSA) is 76.7 Å². The zero-order valence-corrected chi connectivity index (χ0v) is 18.2. The molecular formula is C22H25ClN2O4S. The molecule has 1 aromatic carbocycles. The van der Waals surface area contributed by atoms with Gasteiger partial charge in [0.25, 0.3) is 11.8 Å². The fourth-order valence-electron chi connectivity index (χ4n) is 3.86. The highest BCUT2D eigenvalue weighted by atomic mass is 35.5. The number of hydrogen-bond acceptors (Lipinski definition) is 5. The van der Waals surface area contributed by atoms with Gasteiger partial charge in [-0.2, -0.15) is 0 Å². The summed E-state index contributed by atoms with van der Waals surface area (Å²) >= 11 is 7.57. The van der Waals surface area contributed by atoms with Gasteiger partial charge in [0, 0.05) is 18.0 Å². The van der Waals surface area contributed by atoms with Crippen molar-refractivity contribution in [3.8, 4) is 5.75 Å². The van der Waals surface area contributed by atoms with Crippen LogP contribution in [0.15, 0.2) is 24.3 Å². The number of nitrogens with one attached hydrogen (secondary N) is 2. The van der Waals surface area contributed by atoms with Crippen LogP contribution in [0.5, 0.6) is 5.75 Å². The fourth-order valence-corrected chi connectivity index (χ4v) is 5.36. The maximum Gasteiger partial charge on any atom is 0.262 e. The van der Waals surface area contributed by atoms with Crippen LogP contribution in [-0.4, -0.2) is 37.7 Å². The van der Waals surface area contributed by atoms with E-state index in [4.69, 9.17) is 21.1 Å². The van der Waals surface area contributed by atoms with Gasteiger partial charge in [-0.05, 0) is 56.2 Å². The second kappa shape index (κ2) is 9.81. The van der Waals surface area contributed by atoms with Crippen molar-refractivity contribution < 1.29 is 19.1 Å². The average Bonchev–Trinajstić information content (AvgIpc) is 3.39. The summed E-state index contributed by atoms with van der Waals surface area (Å²) in [5.74, 6) is -0.0109. The van der Waals surface area contributed by atoms with Crippen LogP contribution in [0, 0.1) is 0 Å². The first-order chi connectivity index (χ1) is 14.6. The van der Waals surface area contributed by atoms with E-state index in [0.29, 0.717) is 27.9 Å². The number of carbonyl (C=O) groups is 2. The van der Waals surface area contributed by atoms with Gasteiger partial charge in [0.2, 0.25) is 0 Å². The highest BCUT2D eigenvalue weighted by molar-refractivity contribution is 7.17. The van der Waals surface area contributed by atoms with Gasteiger partial charge in [-0.3, -0.25) is 9.59 Å². The van der Waals surface area contributed by atoms with Gasteiger partial charge in [-0.15, -0.1) is 11.3 Å². The molecule has 1 saturated heterocycles. The van der Waals surface area contributed by atoms with Gasteiger partial charge in [0.15, 0.2) is 6.61 Å². The zero-order chi connectivity index (χ0) is 20.9. The maximum absolute atomic E-state index is 13.0. The molecule has 0 radical (unpaired) electrons. The third-order valence-electron chi connectivity index (χ3n) is 5.36. The van der Waals surface area contributed by atoms with E-state index < -0.39 is 0 Å². The Hall–Kier alpha value is -2.09. The minimum absolute atomic E-state index is 0.0745. The van der Waals surface area contributed by atoms with Crippen LogP contribution in [0.2, 0.25) is 5.02 Å². The van der Waals surface area contributed by atoms with Crippen molar-refractivity contribution in [2.24, 2.45) is 0 Å². The molecule has 0 spiro atoms. The number of para-hydroxylation sites is 1. The number of benzene rings is 1. The highest BCUT2D eigenvalue weighted by Crippen LogP contribution is 2.38. The Morgan fingerprint density at radius 2 is 2.03 bits per heavy atom. The number of hydrogen-bond donors (Lipinski definition) is 2. The van der Waals surface area contributed by atoms with Crippen molar-refractivity contribution in [1.82, 2.24) is 5.32 Å². The number of amides is 2. The van der Waals surface area contributed by atoms with Gasteiger partial charge < -0.3 is 20.1 Å². The van der Waals surface area contributed by atoms with E-state index in [2.05, 4.69) is 10.6 Å². The number of aryl methyl sites for hydroxylation is 1. The summed E-state index contributed by atoms with van der Waals surface area (Å²) in [4.78, 5) is 26.7. The Bertz CT molecular complexity index is 924. The number of anilines is 1. The van der Waals surface area contributed by atoms with Crippen molar-refractivity contribution in [1.29, 1.82) is 0 Å². The lowest BCUT2D eigenvalue weighted by molar-refractivity contribution is -0.118. The monoisotopic (exact) mass is 448 g/mol. The van der Waals surface area contributed by atoms with Crippen molar-refractivity contribution in [3.63, 3.8) is 0 Å². The Kier molecular flexibility index (Phi) is 6.92. The Labute approximate surface area is 184 Å². The zero-order valence-electron chi connectivity index (χ0n) is 16.7. The van der Waals surface area contributed by atoms with Gasteiger partial charge in [0.05, 0.1) is 16.7 Å². The third-order valence-corrected chi connectivity index (χ3v) is 6.88. The van der Waals surface area contributed by atoms with Crippen molar-refractivity contribution in [2.45, 2.75) is 44.6 Å². The molecule has 1 atom stereocenters. The van der Waals surface area contributed by atoms with Crippen LogP contribution in [0.25, 0.3) is 0 Å². The number of carbonyl (C=O) groups excluding carboxylic acids is 2. The lowest BCUT2D eigenvalue weighted by Crippen LogP contribution is -2.33. The normalized spacial score (nSPS) is 18.0. The molecule has 0 bridgehead atoms. The van der Waals surface area contributed by atoms with Gasteiger partial charge in [-0.1, -0.05) is 23.7 Å². The second-order valence-corrected chi connectivity index (χ2v) is 9.04. The predicted molar refractivity (Wildman–Crippen MR) is 118 cm³/mol. The van der Waals surface area contributed by atoms with Crippen LogP contribution in [0.1, 0.15) is 46.5 Å². The summed E-state index contributed by atoms with van der Waals surface area (Å²) in [6.07, 6.45) is 6.03. The lowest BCUT2D eigenvalue weighted by atomic mass is 9.95. The predicted octanol–water partition coefficient (Wildman–Crippen LogP) is 4.21. The molecule has 1 aliphatic heterocycles. The second-order valence-electron chi connectivity index (χ2n) is 7.53. The summed E-state index contributed by atoms with van der Waals surface area (Å²) < 4.78 is 11.1. The van der Waals surface area contributed by atoms with E-state index >= 15 is 0 Å². The van der Waals surface area contributed by atoms with E-state index in [1.807, 2.05) is 0 Å². The van der Waals surface area contributed by atoms with E-state index in [-0.39, 0.29) is 24.5 Å². The van der Waals surface area contributed by atoms with Crippen LogP contribution in [0.3, 0.4) is 0 Å². The summed E-state index contributed by atoms with van der Waals surface area (Å²) in [5, 5.41) is 6.93. The van der Waals surface area contributed by atoms with Crippen molar-refractivity contribution in [3.05, 3.63) is 45.3 Å². The summed E-state index contributed by atoms with van der Waals surface area (Å²) in [6.45, 7) is 1.07. The number of ether oxygens (including phenoxy) is 2. The van der Waals surface area contributed by atoms with Crippen molar-refractivity contribution >= 4 is 39.8 Å². The molecule has 6 nitrogen and oxygen atoms in total. The Balaban J connectivity index is 1.45. The molecule has 2 amide bonds. The largest absolute Gasteiger partial charge is 0.482 e. The van der Waals surface area contributed by atoms with E-state index in [1.165, 1.54) is 16.2 Å². The summed E-state index contributed by atoms with van der Waals surface area (Å²) in [6, 6.07) is 7.01. The van der Waals surface area contributed by atoms with Gasteiger partial charge in [0.1, 0.15) is 10.8 Å². The molecule has 1 aromatic heterocycles. The third kappa shape index (κ3) is 4.96. The fraction of sp³-hybridized carbons (Fsp3) is 0.455. The first-order valence-electron chi connectivity index (χ1n) is 10.3. The minimum atomic E-state index is -0.318. The summed E-state index contributed by atoms with van der Waals surface area (Å²) in [7, 11) is 0. The number of halogens is 1. The van der Waals surface area contributed by atoms with Gasteiger partial charge in [-0.25, -0.2) is 0 Å². The van der Waals surface area contributed by atoms with Crippen molar-refractivity contribution in [2.75, 3.05) is 25.1 Å².